The molecule has 0 radical (unpaired) electrons. The van der Waals surface area contributed by atoms with Gasteiger partial charge >= 0.3 is 0 Å². The number of hydrogen-bond acceptors (Lipinski definition) is 1. The maximum atomic E-state index is 12.5. The van der Waals surface area contributed by atoms with Gasteiger partial charge in [0.25, 0.3) is 0 Å². The van der Waals surface area contributed by atoms with E-state index in [9.17, 15) is 4.79 Å². The van der Waals surface area contributed by atoms with Gasteiger partial charge in [-0.3, -0.25) is 4.79 Å². The SMILES string of the molecule is O=C1CCCCC1(C/C=C/CBr)Cc1ccccc1. The maximum absolute atomic E-state index is 12.5. The van der Waals surface area contributed by atoms with E-state index in [2.05, 4.69) is 52.3 Å². The summed E-state index contributed by atoms with van der Waals surface area (Å²) in [6.45, 7) is 0. The third kappa shape index (κ3) is 3.79. The normalized spacial score (nSPS) is 23.9. The molecular weight excluding hydrogens is 300 g/mol. The summed E-state index contributed by atoms with van der Waals surface area (Å²) in [5, 5.41) is 0.864. The molecule has 0 saturated heterocycles. The molecule has 1 aliphatic rings. The van der Waals surface area contributed by atoms with Crippen molar-refractivity contribution in [1.29, 1.82) is 0 Å². The highest BCUT2D eigenvalue weighted by atomic mass is 79.9. The zero-order chi connectivity index (χ0) is 13.6. The molecule has 0 aliphatic heterocycles. The number of allylic oxidation sites excluding steroid dienone is 2. The van der Waals surface area contributed by atoms with E-state index in [4.69, 9.17) is 0 Å². The van der Waals surface area contributed by atoms with Crippen LogP contribution >= 0.6 is 15.9 Å². The molecule has 1 atom stereocenters. The Hall–Kier alpha value is -0.890. The molecule has 1 aromatic carbocycles. The molecule has 2 rings (SSSR count). The number of Topliss-reactive ketones (excluding diaryl/α,β-unsaturated/α-hetero) is 1. The summed E-state index contributed by atoms with van der Waals surface area (Å²) in [5.41, 5.74) is 1.13. The lowest BCUT2D eigenvalue weighted by Crippen LogP contribution is -2.36. The Kier molecular flexibility index (Phi) is 5.38. The van der Waals surface area contributed by atoms with Crippen molar-refractivity contribution in [3.8, 4) is 0 Å². The molecular formula is C17H21BrO. The Bertz CT molecular complexity index is 438. The van der Waals surface area contributed by atoms with E-state index in [1.54, 1.807) is 0 Å². The highest BCUT2D eigenvalue weighted by Gasteiger charge is 2.38. The second-order valence-corrected chi connectivity index (χ2v) is 6.05. The number of benzene rings is 1. The Labute approximate surface area is 124 Å². The molecule has 2 heteroatoms. The number of carbonyl (C=O) groups is 1. The molecule has 0 aromatic heterocycles. The van der Waals surface area contributed by atoms with Gasteiger partial charge in [0.1, 0.15) is 5.78 Å². The van der Waals surface area contributed by atoms with Crippen LogP contribution in [0.2, 0.25) is 0 Å². The number of hydrogen-bond donors (Lipinski definition) is 0. The zero-order valence-corrected chi connectivity index (χ0v) is 12.9. The quantitative estimate of drug-likeness (QED) is 0.567. The lowest BCUT2D eigenvalue weighted by molar-refractivity contribution is -0.131. The van der Waals surface area contributed by atoms with Crippen LogP contribution in [0.5, 0.6) is 0 Å². The van der Waals surface area contributed by atoms with Crippen molar-refractivity contribution in [1.82, 2.24) is 0 Å². The summed E-state index contributed by atoms with van der Waals surface area (Å²) in [6.07, 6.45) is 10.1. The number of rotatable bonds is 5. The van der Waals surface area contributed by atoms with Crippen LogP contribution in [-0.4, -0.2) is 11.1 Å². The van der Waals surface area contributed by atoms with E-state index in [-0.39, 0.29) is 5.41 Å². The first-order chi connectivity index (χ1) is 9.27. The zero-order valence-electron chi connectivity index (χ0n) is 11.3. The summed E-state index contributed by atoms with van der Waals surface area (Å²) in [4.78, 5) is 12.5. The molecule has 0 heterocycles. The second kappa shape index (κ2) is 7.04. The average molecular weight is 321 g/mol. The number of carbonyl (C=O) groups excluding carboxylic acids is 1. The smallest absolute Gasteiger partial charge is 0.139 e. The summed E-state index contributed by atoms with van der Waals surface area (Å²) >= 11 is 3.40. The molecule has 19 heavy (non-hydrogen) atoms. The Morgan fingerprint density at radius 2 is 1.95 bits per heavy atom. The van der Waals surface area contributed by atoms with E-state index >= 15 is 0 Å². The fraction of sp³-hybridized carbons (Fsp3) is 0.471. The topological polar surface area (TPSA) is 17.1 Å². The van der Waals surface area contributed by atoms with Gasteiger partial charge in [0, 0.05) is 17.2 Å². The van der Waals surface area contributed by atoms with Crippen LogP contribution in [-0.2, 0) is 11.2 Å². The fourth-order valence-electron chi connectivity index (χ4n) is 2.99. The standard InChI is InChI=1S/C17H21BrO/c18-13-7-6-12-17(11-5-4-10-16(17)19)14-15-8-2-1-3-9-15/h1-3,6-9H,4-5,10-14H2/b7-6+. The maximum Gasteiger partial charge on any atom is 0.139 e. The molecule has 0 N–H and O–H groups in total. The minimum atomic E-state index is -0.154. The van der Waals surface area contributed by atoms with E-state index < -0.39 is 0 Å². The van der Waals surface area contributed by atoms with E-state index in [0.717, 1.165) is 37.4 Å². The molecule has 102 valence electrons. The van der Waals surface area contributed by atoms with Crippen LogP contribution in [0.25, 0.3) is 0 Å². The number of ketones is 1. The van der Waals surface area contributed by atoms with Gasteiger partial charge in [-0.05, 0) is 31.2 Å². The molecule has 1 nitrogen and oxygen atoms in total. The Morgan fingerprint density at radius 1 is 1.16 bits per heavy atom. The minimum absolute atomic E-state index is 0.154. The number of alkyl halides is 1. The van der Waals surface area contributed by atoms with E-state index in [1.165, 1.54) is 12.0 Å². The summed E-state index contributed by atoms with van der Waals surface area (Å²) in [6, 6.07) is 10.4. The minimum Gasteiger partial charge on any atom is -0.299 e. The van der Waals surface area contributed by atoms with Gasteiger partial charge in [0.05, 0.1) is 0 Å². The summed E-state index contributed by atoms with van der Waals surface area (Å²) < 4.78 is 0. The van der Waals surface area contributed by atoms with Crippen molar-refractivity contribution in [3.05, 3.63) is 48.0 Å². The van der Waals surface area contributed by atoms with Crippen molar-refractivity contribution in [2.45, 2.75) is 38.5 Å². The highest BCUT2D eigenvalue weighted by Crippen LogP contribution is 2.39. The van der Waals surface area contributed by atoms with Crippen molar-refractivity contribution >= 4 is 21.7 Å². The number of halogens is 1. The molecule has 1 unspecified atom stereocenters. The van der Waals surface area contributed by atoms with Crippen molar-refractivity contribution < 1.29 is 4.79 Å². The van der Waals surface area contributed by atoms with E-state index in [0.29, 0.717) is 5.78 Å². The van der Waals surface area contributed by atoms with Gasteiger partial charge in [-0.25, -0.2) is 0 Å². The summed E-state index contributed by atoms with van der Waals surface area (Å²) in [5.74, 6) is 0.460. The summed E-state index contributed by atoms with van der Waals surface area (Å²) in [7, 11) is 0. The average Bonchev–Trinajstić information content (AvgIpc) is 2.44. The molecule has 0 amide bonds. The molecule has 1 fully saturated rings. The third-order valence-corrected chi connectivity index (χ3v) is 4.42. The third-order valence-electron chi connectivity index (χ3n) is 4.05. The van der Waals surface area contributed by atoms with Gasteiger partial charge in [0.2, 0.25) is 0 Å². The van der Waals surface area contributed by atoms with Crippen molar-refractivity contribution in [2.24, 2.45) is 5.41 Å². The van der Waals surface area contributed by atoms with Gasteiger partial charge in [-0.1, -0.05) is 64.8 Å². The van der Waals surface area contributed by atoms with Crippen molar-refractivity contribution in [2.75, 3.05) is 5.33 Å². The monoisotopic (exact) mass is 320 g/mol. The first-order valence-electron chi connectivity index (χ1n) is 7.05. The lowest BCUT2D eigenvalue weighted by atomic mass is 9.67. The van der Waals surface area contributed by atoms with Crippen LogP contribution in [0.3, 0.4) is 0 Å². The predicted molar refractivity (Wildman–Crippen MR) is 83.6 cm³/mol. The lowest BCUT2D eigenvalue weighted by Gasteiger charge is -2.35. The Morgan fingerprint density at radius 3 is 2.63 bits per heavy atom. The predicted octanol–water partition coefficient (Wildman–Crippen LogP) is 4.70. The largest absolute Gasteiger partial charge is 0.299 e. The molecule has 1 aliphatic carbocycles. The first-order valence-corrected chi connectivity index (χ1v) is 8.17. The highest BCUT2D eigenvalue weighted by molar-refractivity contribution is 9.09. The fourth-order valence-corrected chi connectivity index (χ4v) is 3.25. The van der Waals surface area contributed by atoms with Crippen LogP contribution in [0.1, 0.15) is 37.7 Å². The van der Waals surface area contributed by atoms with Gasteiger partial charge in [-0.2, -0.15) is 0 Å². The van der Waals surface area contributed by atoms with Crippen molar-refractivity contribution in [3.63, 3.8) is 0 Å². The van der Waals surface area contributed by atoms with Crippen LogP contribution in [0.15, 0.2) is 42.5 Å². The molecule has 0 spiro atoms. The second-order valence-electron chi connectivity index (χ2n) is 5.40. The Balaban J connectivity index is 2.18. The molecule has 1 aromatic rings. The first kappa shape index (κ1) is 14.5. The molecule has 1 saturated carbocycles. The van der Waals surface area contributed by atoms with Gasteiger partial charge in [-0.15, -0.1) is 0 Å². The van der Waals surface area contributed by atoms with Crippen LogP contribution < -0.4 is 0 Å². The molecule has 0 bridgehead atoms. The van der Waals surface area contributed by atoms with Crippen LogP contribution in [0, 0.1) is 5.41 Å². The van der Waals surface area contributed by atoms with Gasteiger partial charge in [0.15, 0.2) is 0 Å². The van der Waals surface area contributed by atoms with E-state index in [1.807, 2.05) is 6.07 Å². The van der Waals surface area contributed by atoms with Crippen LogP contribution in [0.4, 0.5) is 0 Å². The van der Waals surface area contributed by atoms with Gasteiger partial charge < -0.3 is 0 Å².